The molecule has 1 atom stereocenters. The first kappa shape index (κ1) is 14.5. The summed E-state index contributed by atoms with van der Waals surface area (Å²) in [5.74, 6) is 6.70. The van der Waals surface area contributed by atoms with Gasteiger partial charge in [0.2, 0.25) is 0 Å². The Labute approximate surface area is 137 Å². The number of rotatable bonds is 1. The van der Waals surface area contributed by atoms with E-state index < -0.39 is 5.60 Å². The summed E-state index contributed by atoms with van der Waals surface area (Å²) < 4.78 is 0. The topological polar surface area (TPSA) is 23.5 Å². The fraction of sp³-hybridized carbons (Fsp3) is 0.333. The van der Waals surface area contributed by atoms with E-state index in [2.05, 4.69) is 41.0 Å². The van der Waals surface area contributed by atoms with Crippen LogP contribution in [0.1, 0.15) is 18.4 Å². The Bertz CT molecular complexity index is 733. The molecule has 2 bridgehead atoms. The minimum absolute atomic E-state index is 0.337. The monoisotopic (exact) mass is 303 g/mol. The summed E-state index contributed by atoms with van der Waals surface area (Å²) in [5, 5.41) is 10.8. The van der Waals surface area contributed by atoms with Crippen LogP contribution in [-0.4, -0.2) is 35.2 Å². The number of fused-ring (bicyclic) bond motifs is 3. The quantitative estimate of drug-likeness (QED) is 0.818. The number of piperidine rings is 3. The van der Waals surface area contributed by atoms with Crippen LogP contribution >= 0.6 is 0 Å². The fourth-order valence-corrected chi connectivity index (χ4v) is 3.74. The second-order valence-electron chi connectivity index (χ2n) is 6.67. The first-order chi connectivity index (χ1) is 11.2. The highest BCUT2D eigenvalue weighted by molar-refractivity contribution is 5.64. The Hall–Kier alpha value is -2.08. The molecule has 1 N–H and O–H groups in total. The van der Waals surface area contributed by atoms with E-state index in [-0.39, 0.29) is 0 Å². The lowest BCUT2D eigenvalue weighted by atomic mass is 9.76. The van der Waals surface area contributed by atoms with Gasteiger partial charge in [0.05, 0.1) is 0 Å². The molecule has 23 heavy (non-hydrogen) atoms. The predicted octanol–water partition coefficient (Wildman–Crippen LogP) is 3.16. The summed E-state index contributed by atoms with van der Waals surface area (Å²) in [4.78, 5) is 2.33. The molecule has 3 heterocycles. The lowest BCUT2D eigenvalue weighted by molar-refractivity contribution is -0.0713. The van der Waals surface area contributed by atoms with Gasteiger partial charge in [-0.3, -0.25) is 4.90 Å². The first-order valence-electron chi connectivity index (χ1n) is 8.36. The van der Waals surface area contributed by atoms with Gasteiger partial charge in [-0.25, -0.2) is 0 Å². The molecular weight excluding hydrogens is 282 g/mol. The molecule has 3 aliphatic rings. The van der Waals surface area contributed by atoms with E-state index in [4.69, 9.17) is 0 Å². The van der Waals surface area contributed by atoms with Crippen LogP contribution in [0.3, 0.4) is 0 Å². The molecule has 0 spiro atoms. The average molecular weight is 303 g/mol. The molecule has 5 rings (SSSR count). The van der Waals surface area contributed by atoms with Crippen LogP contribution in [0.15, 0.2) is 54.6 Å². The van der Waals surface area contributed by atoms with Crippen LogP contribution in [0, 0.1) is 17.8 Å². The third kappa shape index (κ3) is 2.91. The highest BCUT2D eigenvalue weighted by Gasteiger charge is 2.44. The summed E-state index contributed by atoms with van der Waals surface area (Å²) in [6.07, 6.45) is 2.14. The van der Waals surface area contributed by atoms with Crippen molar-refractivity contribution in [1.29, 1.82) is 0 Å². The third-order valence-electron chi connectivity index (χ3n) is 5.14. The lowest BCUT2D eigenvalue weighted by Gasteiger charge is -2.47. The van der Waals surface area contributed by atoms with Gasteiger partial charge in [0, 0.05) is 18.0 Å². The maximum absolute atomic E-state index is 10.8. The minimum atomic E-state index is -0.825. The summed E-state index contributed by atoms with van der Waals surface area (Å²) in [6.45, 7) is 2.92. The molecule has 0 saturated carbocycles. The van der Waals surface area contributed by atoms with Gasteiger partial charge in [0.15, 0.2) is 0 Å². The van der Waals surface area contributed by atoms with Crippen LogP contribution < -0.4 is 0 Å². The maximum Gasteiger partial charge on any atom is 0.141 e. The van der Waals surface area contributed by atoms with Crippen molar-refractivity contribution >= 4 is 0 Å². The number of nitrogens with zero attached hydrogens (tertiary/aromatic N) is 1. The molecule has 0 unspecified atom stereocenters. The van der Waals surface area contributed by atoms with Crippen molar-refractivity contribution in [3.63, 3.8) is 0 Å². The highest BCUT2D eigenvalue weighted by Crippen LogP contribution is 2.35. The van der Waals surface area contributed by atoms with E-state index in [9.17, 15) is 5.11 Å². The summed E-state index contributed by atoms with van der Waals surface area (Å²) >= 11 is 0. The van der Waals surface area contributed by atoms with Gasteiger partial charge in [0.25, 0.3) is 0 Å². The molecule has 0 aliphatic carbocycles. The third-order valence-corrected chi connectivity index (χ3v) is 5.14. The molecule has 2 nitrogen and oxygen atoms in total. The Balaban J connectivity index is 1.54. The second-order valence-corrected chi connectivity index (χ2v) is 6.67. The van der Waals surface area contributed by atoms with Gasteiger partial charge in [0.1, 0.15) is 5.60 Å². The fourth-order valence-electron chi connectivity index (χ4n) is 3.74. The SMILES string of the molecule is O[C@@]1(C#Cc2ccc(-c3ccccc3)cc2)CN2CCC1CC2. The van der Waals surface area contributed by atoms with Gasteiger partial charge in [-0.15, -0.1) is 0 Å². The van der Waals surface area contributed by atoms with Gasteiger partial charge in [-0.2, -0.15) is 0 Å². The van der Waals surface area contributed by atoms with Crippen molar-refractivity contribution in [2.24, 2.45) is 5.92 Å². The molecule has 2 aromatic rings. The smallest absolute Gasteiger partial charge is 0.141 e. The van der Waals surface area contributed by atoms with Crippen molar-refractivity contribution in [2.45, 2.75) is 18.4 Å². The molecule has 2 heteroatoms. The Morgan fingerprint density at radius 2 is 1.57 bits per heavy atom. The molecule has 3 fully saturated rings. The zero-order valence-corrected chi connectivity index (χ0v) is 13.2. The van der Waals surface area contributed by atoms with E-state index in [0.29, 0.717) is 12.5 Å². The second kappa shape index (κ2) is 5.85. The van der Waals surface area contributed by atoms with E-state index >= 15 is 0 Å². The molecule has 3 saturated heterocycles. The molecule has 116 valence electrons. The average Bonchev–Trinajstić information content (AvgIpc) is 2.62. The Morgan fingerprint density at radius 3 is 2.17 bits per heavy atom. The standard InChI is InChI=1S/C21H21NO/c23-21(16-22-14-11-20(21)12-15-22)13-10-17-6-8-19(9-7-17)18-4-2-1-3-5-18/h1-9,20,23H,11-12,14-16H2/t21-/m0/s1. The van der Waals surface area contributed by atoms with Crippen LogP contribution in [0.2, 0.25) is 0 Å². The molecular formula is C21H21NO. The normalized spacial score (nSPS) is 28.9. The van der Waals surface area contributed by atoms with E-state index in [1.807, 2.05) is 30.3 Å². The summed E-state index contributed by atoms with van der Waals surface area (Å²) in [7, 11) is 0. The van der Waals surface area contributed by atoms with E-state index in [1.54, 1.807) is 0 Å². The molecule has 0 amide bonds. The van der Waals surface area contributed by atoms with Gasteiger partial charge >= 0.3 is 0 Å². The number of hydrogen-bond acceptors (Lipinski definition) is 2. The van der Waals surface area contributed by atoms with Crippen LogP contribution in [-0.2, 0) is 0 Å². The number of benzene rings is 2. The highest BCUT2D eigenvalue weighted by atomic mass is 16.3. The van der Waals surface area contributed by atoms with Gasteiger partial charge < -0.3 is 5.11 Å². The number of aliphatic hydroxyl groups is 1. The van der Waals surface area contributed by atoms with Gasteiger partial charge in [-0.1, -0.05) is 54.3 Å². The van der Waals surface area contributed by atoms with Crippen molar-refractivity contribution in [3.8, 4) is 23.0 Å². The van der Waals surface area contributed by atoms with Gasteiger partial charge in [-0.05, 0) is 49.2 Å². The van der Waals surface area contributed by atoms with E-state index in [0.717, 1.165) is 31.5 Å². The summed E-state index contributed by atoms with van der Waals surface area (Å²) in [6, 6.07) is 18.6. The minimum Gasteiger partial charge on any atom is -0.376 e. The van der Waals surface area contributed by atoms with Crippen LogP contribution in [0.5, 0.6) is 0 Å². The molecule has 2 aromatic carbocycles. The van der Waals surface area contributed by atoms with E-state index in [1.165, 1.54) is 11.1 Å². The Kier molecular flexibility index (Phi) is 3.69. The van der Waals surface area contributed by atoms with Crippen LogP contribution in [0.25, 0.3) is 11.1 Å². The van der Waals surface area contributed by atoms with Crippen LogP contribution in [0.4, 0.5) is 0 Å². The lowest BCUT2D eigenvalue weighted by Crippen LogP contribution is -2.58. The summed E-state index contributed by atoms with van der Waals surface area (Å²) in [5.41, 5.74) is 2.55. The Morgan fingerprint density at radius 1 is 0.913 bits per heavy atom. The molecule has 3 aliphatic heterocycles. The van der Waals surface area contributed by atoms with Crippen molar-refractivity contribution in [2.75, 3.05) is 19.6 Å². The maximum atomic E-state index is 10.8. The zero-order valence-electron chi connectivity index (χ0n) is 13.2. The predicted molar refractivity (Wildman–Crippen MR) is 92.9 cm³/mol. The molecule has 0 aromatic heterocycles. The molecule has 0 radical (unpaired) electrons. The largest absolute Gasteiger partial charge is 0.376 e. The van der Waals surface area contributed by atoms with Crippen molar-refractivity contribution in [3.05, 3.63) is 60.2 Å². The first-order valence-corrected chi connectivity index (χ1v) is 8.36. The number of hydrogen-bond donors (Lipinski definition) is 1. The van der Waals surface area contributed by atoms with Crippen molar-refractivity contribution < 1.29 is 5.11 Å². The van der Waals surface area contributed by atoms with Crippen molar-refractivity contribution in [1.82, 2.24) is 4.90 Å². The zero-order chi connectivity index (χ0) is 15.7.